The molecule has 1 aromatic carbocycles. The minimum Gasteiger partial charge on any atom is -0.379 e. The maximum Gasteiger partial charge on any atom is 0.149 e. The number of aryl methyl sites for hydroxylation is 1. The lowest BCUT2D eigenvalue weighted by atomic mass is 10.1. The molecule has 0 bridgehead atoms. The molecule has 2 rings (SSSR count). The summed E-state index contributed by atoms with van der Waals surface area (Å²) < 4.78 is 19.0. The molecule has 1 aliphatic heterocycles. The van der Waals surface area contributed by atoms with Crippen LogP contribution in [0, 0.1) is 12.7 Å². The molecular weight excluding hydrogens is 193 g/mol. The highest BCUT2D eigenvalue weighted by Gasteiger charge is 2.15. The summed E-state index contributed by atoms with van der Waals surface area (Å²) in [5, 5.41) is 3.19. The molecule has 3 heteroatoms. The number of hydrogen-bond acceptors (Lipinski definition) is 2. The number of benzene rings is 1. The molecule has 0 aromatic heterocycles. The molecule has 82 valence electrons. The Morgan fingerprint density at radius 3 is 3.07 bits per heavy atom. The van der Waals surface area contributed by atoms with Crippen molar-refractivity contribution >= 4 is 5.69 Å². The Labute approximate surface area is 89.4 Å². The number of rotatable bonds is 2. The van der Waals surface area contributed by atoms with Gasteiger partial charge in [0.05, 0.1) is 12.3 Å². The molecule has 1 aliphatic rings. The second-order valence-electron chi connectivity index (χ2n) is 3.99. The van der Waals surface area contributed by atoms with Crippen LogP contribution in [-0.4, -0.2) is 19.3 Å². The third-order valence-corrected chi connectivity index (χ3v) is 2.71. The lowest BCUT2D eigenvalue weighted by Gasteiger charge is -2.24. The fraction of sp³-hybridized carbons (Fsp3) is 0.500. The molecule has 0 amide bonds. The number of ether oxygens (including phenoxy) is 1. The molecule has 15 heavy (non-hydrogen) atoms. The van der Waals surface area contributed by atoms with Crippen molar-refractivity contribution < 1.29 is 9.13 Å². The number of hydrogen-bond donors (Lipinski definition) is 1. The van der Waals surface area contributed by atoms with Gasteiger partial charge in [0.1, 0.15) is 5.82 Å². The normalized spacial score (nSPS) is 21.3. The molecule has 0 spiro atoms. The first-order valence-electron chi connectivity index (χ1n) is 5.37. The van der Waals surface area contributed by atoms with Crippen LogP contribution >= 0.6 is 0 Å². The fourth-order valence-electron chi connectivity index (χ4n) is 1.83. The van der Waals surface area contributed by atoms with Crippen molar-refractivity contribution in [1.82, 2.24) is 0 Å². The zero-order valence-electron chi connectivity index (χ0n) is 8.92. The average molecular weight is 209 g/mol. The molecule has 2 nitrogen and oxygen atoms in total. The maximum absolute atomic E-state index is 13.7. The monoisotopic (exact) mass is 209 g/mol. The molecule has 1 atom stereocenters. The van der Waals surface area contributed by atoms with E-state index in [0.717, 1.165) is 19.4 Å². The van der Waals surface area contributed by atoms with Crippen molar-refractivity contribution in [3.05, 3.63) is 29.6 Å². The molecule has 0 aliphatic carbocycles. The van der Waals surface area contributed by atoms with E-state index in [9.17, 15) is 4.39 Å². The summed E-state index contributed by atoms with van der Waals surface area (Å²) in [6.45, 7) is 3.28. The summed E-state index contributed by atoms with van der Waals surface area (Å²) >= 11 is 0. The van der Waals surface area contributed by atoms with Crippen LogP contribution in [0.2, 0.25) is 0 Å². The first kappa shape index (κ1) is 10.4. The first-order valence-corrected chi connectivity index (χ1v) is 5.37. The van der Waals surface area contributed by atoms with Crippen LogP contribution in [0.1, 0.15) is 18.4 Å². The van der Waals surface area contributed by atoms with Gasteiger partial charge >= 0.3 is 0 Å². The quantitative estimate of drug-likeness (QED) is 0.808. The zero-order chi connectivity index (χ0) is 10.7. The molecule has 0 radical (unpaired) electrons. The van der Waals surface area contributed by atoms with Crippen molar-refractivity contribution in [3.8, 4) is 0 Å². The molecule has 1 saturated heterocycles. The summed E-state index contributed by atoms with van der Waals surface area (Å²) in [6.07, 6.45) is 2.10. The van der Waals surface area contributed by atoms with Gasteiger partial charge in [0.2, 0.25) is 0 Å². The van der Waals surface area contributed by atoms with E-state index in [0.29, 0.717) is 17.9 Å². The third-order valence-electron chi connectivity index (χ3n) is 2.71. The Hall–Kier alpha value is -1.09. The summed E-state index contributed by atoms with van der Waals surface area (Å²) in [6, 6.07) is 5.66. The number of nitrogens with one attached hydrogen (secondary N) is 1. The minimum atomic E-state index is -0.150. The molecule has 1 N–H and O–H groups in total. The van der Waals surface area contributed by atoms with Gasteiger partial charge < -0.3 is 10.1 Å². The Morgan fingerprint density at radius 1 is 1.47 bits per heavy atom. The molecular formula is C12H16FNO. The van der Waals surface area contributed by atoms with Crippen LogP contribution in [0.15, 0.2) is 18.2 Å². The highest BCUT2D eigenvalue weighted by Crippen LogP contribution is 2.20. The van der Waals surface area contributed by atoms with Gasteiger partial charge in [0.15, 0.2) is 0 Å². The largest absolute Gasteiger partial charge is 0.379 e. The van der Waals surface area contributed by atoms with Gasteiger partial charge in [-0.3, -0.25) is 0 Å². The van der Waals surface area contributed by atoms with Crippen molar-refractivity contribution in [2.75, 3.05) is 18.5 Å². The van der Waals surface area contributed by atoms with E-state index in [2.05, 4.69) is 5.32 Å². The molecule has 1 heterocycles. The zero-order valence-corrected chi connectivity index (χ0v) is 8.92. The second-order valence-corrected chi connectivity index (χ2v) is 3.99. The van der Waals surface area contributed by atoms with E-state index in [1.54, 1.807) is 19.1 Å². The summed E-state index contributed by atoms with van der Waals surface area (Å²) in [5.41, 5.74) is 1.27. The van der Waals surface area contributed by atoms with Crippen molar-refractivity contribution in [1.29, 1.82) is 0 Å². The molecule has 1 fully saturated rings. The number of anilines is 1. The van der Waals surface area contributed by atoms with Gasteiger partial charge in [-0.2, -0.15) is 0 Å². The number of halogens is 1. The van der Waals surface area contributed by atoms with Crippen molar-refractivity contribution in [2.24, 2.45) is 0 Å². The van der Waals surface area contributed by atoms with Gasteiger partial charge in [-0.25, -0.2) is 4.39 Å². The molecule has 0 saturated carbocycles. The lowest BCUT2D eigenvalue weighted by molar-refractivity contribution is 0.0875. The predicted molar refractivity (Wildman–Crippen MR) is 58.6 cm³/mol. The minimum absolute atomic E-state index is 0.150. The van der Waals surface area contributed by atoms with Crippen LogP contribution in [-0.2, 0) is 4.74 Å². The summed E-state index contributed by atoms with van der Waals surface area (Å²) in [7, 11) is 0. The fourth-order valence-corrected chi connectivity index (χ4v) is 1.83. The van der Waals surface area contributed by atoms with Crippen LogP contribution in [0.4, 0.5) is 10.1 Å². The molecule has 1 aromatic rings. The third kappa shape index (κ3) is 2.48. The van der Waals surface area contributed by atoms with Gasteiger partial charge in [-0.15, -0.1) is 0 Å². The van der Waals surface area contributed by atoms with Crippen LogP contribution in [0.25, 0.3) is 0 Å². The van der Waals surface area contributed by atoms with E-state index >= 15 is 0 Å². The maximum atomic E-state index is 13.7. The Morgan fingerprint density at radius 2 is 2.33 bits per heavy atom. The smallest absolute Gasteiger partial charge is 0.149 e. The van der Waals surface area contributed by atoms with Crippen molar-refractivity contribution in [3.63, 3.8) is 0 Å². The van der Waals surface area contributed by atoms with Gasteiger partial charge in [-0.1, -0.05) is 12.1 Å². The van der Waals surface area contributed by atoms with Crippen LogP contribution in [0.5, 0.6) is 0 Å². The van der Waals surface area contributed by atoms with Crippen LogP contribution < -0.4 is 5.32 Å². The van der Waals surface area contributed by atoms with Gasteiger partial charge in [-0.05, 0) is 31.4 Å². The summed E-state index contributed by atoms with van der Waals surface area (Å²) in [4.78, 5) is 0. The standard InChI is InChI=1S/C12H16FNO/c1-9-4-2-6-11(12(9)13)14-10-5-3-7-15-8-10/h2,4,6,10,14H,3,5,7-8H2,1H3. The van der Waals surface area contributed by atoms with Gasteiger partial charge in [0.25, 0.3) is 0 Å². The second kappa shape index (κ2) is 4.62. The Balaban J connectivity index is 2.06. The van der Waals surface area contributed by atoms with Crippen LogP contribution in [0.3, 0.4) is 0 Å². The van der Waals surface area contributed by atoms with Gasteiger partial charge in [0, 0.05) is 12.6 Å². The predicted octanol–water partition coefficient (Wildman–Crippen LogP) is 2.73. The summed E-state index contributed by atoms with van der Waals surface area (Å²) in [5.74, 6) is -0.150. The first-order chi connectivity index (χ1) is 7.27. The van der Waals surface area contributed by atoms with E-state index in [1.807, 2.05) is 6.07 Å². The van der Waals surface area contributed by atoms with Crippen molar-refractivity contribution in [2.45, 2.75) is 25.8 Å². The average Bonchev–Trinajstić information content (AvgIpc) is 2.26. The SMILES string of the molecule is Cc1cccc(NC2CCCOC2)c1F. The Bertz CT molecular complexity index is 334. The van der Waals surface area contributed by atoms with E-state index in [1.165, 1.54) is 0 Å². The molecule has 1 unspecified atom stereocenters. The van der Waals surface area contributed by atoms with E-state index in [4.69, 9.17) is 4.74 Å². The highest BCUT2D eigenvalue weighted by atomic mass is 19.1. The van der Waals surface area contributed by atoms with E-state index in [-0.39, 0.29) is 11.9 Å². The highest BCUT2D eigenvalue weighted by molar-refractivity contribution is 5.48. The Kier molecular flexibility index (Phi) is 3.21. The van der Waals surface area contributed by atoms with E-state index < -0.39 is 0 Å². The lowest BCUT2D eigenvalue weighted by Crippen LogP contribution is -2.30. The topological polar surface area (TPSA) is 21.3 Å².